The van der Waals surface area contributed by atoms with Gasteiger partial charge in [0.15, 0.2) is 0 Å². The molecule has 246 valence electrons. The van der Waals surface area contributed by atoms with E-state index in [1.54, 1.807) is 0 Å². The van der Waals surface area contributed by atoms with Crippen molar-refractivity contribution in [3.05, 3.63) is 204 Å². The van der Waals surface area contributed by atoms with E-state index in [1.807, 2.05) is 24.3 Å². The van der Waals surface area contributed by atoms with Crippen LogP contribution >= 0.6 is 0 Å². The Kier molecular flexibility index (Phi) is 6.78. The zero-order valence-electron chi connectivity index (χ0n) is 29.3. The van der Waals surface area contributed by atoms with Crippen LogP contribution < -0.4 is 0 Å². The molecule has 0 N–H and O–H groups in total. The topological polar surface area (TPSA) is 0 Å². The van der Waals surface area contributed by atoms with Crippen molar-refractivity contribution in [1.29, 1.82) is 0 Å². The van der Waals surface area contributed by atoms with Crippen LogP contribution in [0.15, 0.2) is 182 Å². The summed E-state index contributed by atoms with van der Waals surface area (Å²) >= 11 is 0. The van der Waals surface area contributed by atoms with Crippen LogP contribution in [0.1, 0.15) is 22.3 Å². The van der Waals surface area contributed by atoms with Gasteiger partial charge in [-0.1, -0.05) is 133 Å². The average molecular weight is 679 g/mol. The summed E-state index contributed by atoms with van der Waals surface area (Å²) in [5.41, 5.74) is 8.74. The molecule has 0 aliphatic heterocycles. The highest BCUT2D eigenvalue weighted by molar-refractivity contribution is 6.24. The molecule has 0 nitrogen and oxygen atoms in total. The van der Waals surface area contributed by atoms with Crippen molar-refractivity contribution in [1.82, 2.24) is 0 Å². The van der Waals surface area contributed by atoms with E-state index >= 15 is 0 Å². The Labute approximate surface area is 313 Å². The van der Waals surface area contributed by atoms with Crippen LogP contribution in [0.3, 0.4) is 0 Å². The van der Waals surface area contributed by atoms with Gasteiger partial charge in [0.1, 0.15) is 0 Å². The van der Waals surface area contributed by atoms with Gasteiger partial charge in [-0.15, -0.1) is 0 Å². The van der Waals surface area contributed by atoms with E-state index in [4.69, 9.17) is 0 Å². The smallest absolute Gasteiger partial charge is 0.0249 e. The molecule has 0 heteroatoms. The Morgan fingerprint density at radius 2 is 0.444 bits per heavy atom. The first-order valence-electron chi connectivity index (χ1n) is 18.4. The fourth-order valence-corrected chi connectivity index (χ4v) is 8.26. The van der Waals surface area contributed by atoms with Gasteiger partial charge >= 0.3 is 0 Å². The molecule has 0 amide bonds. The van der Waals surface area contributed by atoms with Crippen LogP contribution in [0.25, 0.3) is 86.9 Å². The average Bonchev–Trinajstić information content (AvgIpc) is 3.24. The lowest BCUT2D eigenvalue weighted by Crippen LogP contribution is -1.86. The molecule has 0 aliphatic carbocycles. The molecule has 11 aromatic carbocycles. The second kappa shape index (κ2) is 12.1. The van der Waals surface area contributed by atoms with Crippen molar-refractivity contribution in [2.45, 2.75) is 0 Å². The maximum absolute atomic E-state index is 3.34. The van der Waals surface area contributed by atoms with Crippen molar-refractivity contribution in [3.63, 3.8) is 0 Å². The van der Waals surface area contributed by atoms with E-state index in [0.29, 0.717) is 0 Å². The Morgan fingerprint density at radius 1 is 0.204 bits per heavy atom. The largest absolute Gasteiger partial charge is 0.0617 e. The third kappa shape index (κ3) is 5.13. The van der Waals surface area contributed by atoms with Gasteiger partial charge in [0.2, 0.25) is 0 Å². The molecular weight excluding hydrogens is 649 g/mol. The molecule has 11 aromatic rings. The predicted octanol–water partition coefficient (Wildman–Crippen LogP) is 13.6. The third-order valence-corrected chi connectivity index (χ3v) is 11.0. The van der Waals surface area contributed by atoms with E-state index in [1.165, 1.54) is 86.9 Å². The Hall–Kier alpha value is -7.38. The van der Waals surface area contributed by atoms with Crippen molar-refractivity contribution in [2.24, 2.45) is 0 Å². The van der Waals surface area contributed by atoms with Crippen LogP contribution in [0, 0.1) is 23.7 Å². The molecule has 0 bridgehead atoms. The summed E-state index contributed by atoms with van der Waals surface area (Å²) in [7, 11) is 0. The van der Waals surface area contributed by atoms with Crippen LogP contribution in [-0.4, -0.2) is 0 Å². The maximum Gasteiger partial charge on any atom is 0.0249 e. The number of benzene rings is 11. The predicted molar refractivity (Wildman–Crippen MR) is 230 cm³/mol. The van der Waals surface area contributed by atoms with Crippen LogP contribution in [0.2, 0.25) is 0 Å². The summed E-state index contributed by atoms with van der Waals surface area (Å²) in [5, 5.41) is 15.7. The van der Waals surface area contributed by atoms with Crippen molar-refractivity contribution >= 4 is 64.6 Å². The SMILES string of the molecule is C(#Cc1ccc(-c2cc3ccc4cccc5ccc(c2)c3c45)cc1)c1ccc(C#Cc2ccc(-c3cc4ccc5cccc6ccc(c3)c4c56)cc2)cc1. The number of rotatable bonds is 2. The van der Waals surface area contributed by atoms with Crippen molar-refractivity contribution in [2.75, 3.05) is 0 Å². The summed E-state index contributed by atoms with van der Waals surface area (Å²) in [6.07, 6.45) is 0. The van der Waals surface area contributed by atoms with Gasteiger partial charge < -0.3 is 0 Å². The molecule has 0 unspecified atom stereocenters. The van der Waals surface area contributed by atoms with E-state index in [2.05, 4.69) is 181 Å². The minimum Gasteiger partial charge on any atom is -0.0617 e. The molecule has 0 aromatic heterocycles. The summed E-state index contributed by atoms with van der Waals surface area (Å²) in [6, 6.07) is 65.6. The van der Waals surface area contributed by atoms with E-state index in [0.717, 1.165) is 22.3 Å². The van der Waals surface area contributed by atoms with E-state index in [9.17, 15) is 0 Å². The Morgan fingerprint density at radius 3 is 0.741 bits per heavy atom. The standard InChI is InChI=1S/C54H30/c1-3-41-23-27-45-31-49(32-46-28-24-42(4-1)51(41)53(45)46)39-19-15-37(16-20-39)13-11-35-7-9-36(10-8-35)12-14-38-17-21-40(22-18-38)50-33-47-29-25-43-5-2-6-44-26-30-48(34-50)54(47)52(43)44/h1-10,15-34H. The second-order valence-electron chi connectivity index (χ2n) is 14.2. The normalized spacial score (nSPS) is 11.4. The summed E-state index contributed by atoms with van der Waals surface area (Å²) in [6.45, 7) is 0. The molecule has 0 radical (unpaired) electrons. The molecule has 0 atom stereocenters. The highest BCUT2D eigenvalue weighted by atomic mass is 14.1. The number of hydrogen-bond donors (Lipinski definition) is 0. The lowest BCUT2D eigenvalue weighted by molar-refractivity contribution is 1.58. The van der Waals surface area contributed by atoms with Crippen molar-refractivity contribution in [3.8, 4) is 45.9 Å². The third-order valence-electron chi connectivity index (χ3n) is 11.0. The van der Waals surface area contributed by atoms with Gasteiger partial charge in [0, 0.05) is 22.3 Å². The van der Waals surface area contributed by atoms with Gasteiger partial charge in [-0.2, -0.15) is 0 Å². The molecule has 54 heavy (non-hydrogen) atoms. The molecule has 0 heterocycles. The molecule has 0 spiro atoms. The van der Waals surface area contributed by atoms with E-state index in [-0.39, 0.29) is 0 Å². The molecule has 0 saturated heterocycles. The van der Waals surface area contributed by atoms with Gasteiger partial charge in [-0.3, -0.25) is 0 Å². The molecule has 0 saturated carbocycles. The Balaban J connectivity index is 0.790. The van der Waals surface area contributed by atoms with Gasteiger partial charge in [0.05, 0.1) is 0 Å². The fraction of sp³-hybridized carbons (Fsp3) is 0. The van der Waals surface area contributed by atoms with Crippen LogP contribution in [-0.2, 0) is 0 Å². The zero-order chi connectivity index (χ0) is 35.6. The first-order chi connectivity index (χ1) is 26.7. The van der Waals surface area contributed by atoms with Crippen LogP contribution in [0.5, 0.6) is 0 Å². The van der Waals surface area contributed by atoms with Crippen LogP contribution in [0.4, 0.5) is 0 Å². The lowest BCUT2D eigenvalue weighted by atomic mass is 9.91. The maximum atomic E-state index is 3.34. The highest BCUT2D eigenvalue weighted by Crippen LogP contribution is 2.39. The molecule has 0 fully saturated rings. The van der Waals surface area contributed by atoms with Crippen molar-refractivity contribution < 1.29 is 0 Å². The van der Waals surface area contributed by atoms with Gasteiger partial charge in [-0.25, -0.2) is 0 Å². The molecule has 0 aliphatic rings. The monoisotopic (exact) mass is 678 g/mol. The molecule has 11 rings (SSSR count). The molecular formula is C54H30. The quantitative estimate of drug-likeness (QED) is 0.126. The first-order valence-corrected chi connectivity index (χ1v) is 18.4. The zero-order valence-corrected chi connectivity index (χ0v) is 29.3. The summed E-state index contributed by atoms with van der Waals surface area (Å²) < 4.78 is 0. The highest BCUT2D eigenvalue weighted by Gasteiger charge is 2.11. The minimum absolute atomic E-state index is 0.967. The van der Waals surface area contributed by atoms with E-state index < -0.39 is 0 Å². The minimum atomic E-state index is 0.967. The van der Waals surface area contributed by atoms with Gasteiger partial charge in [-0.05, 0) is 160 Å². The summed E-state index contributed by atoms with van der Waals surface area (Å²) in [4.78, 5) is 0. The number of hydrogen-bond acceptors (Lipinski definition) is 0. The fourth-order valence-electron chi connectivity index (χ4n) is 8.26. The summed E-state index contributed by atoms with van der Waals surface area (Å²) in [5.74, 6) is 13.3. The first kappa shape index (κ1) is 30.3. The van der Waals surface area contributed by atoms with Gasteiger partial charge in [0.25, 0.3) is 0 Å². The lowest BCUT2D eigenvalue weighted by Gasteiger charge is -2.12. The Bertz CT molecular complexity index is 2980. The second-order valence-corrected chi connectivity index (χ2v) is 14.2.